The molecule has 0 saturated carbocycles. The van der Waals surface area contributed by atoms with Crippen molar-refractivity contribution in [1.29, 1.82) is 0 Å². The molecule has 246 valence electrons. The Kier molecular flexibility index (Phi) is 14.9. The number of carbonyl (C=O) groups excluding carboxylic acids is 2. The molecule has 1 aliphatic heterocycles. The maximum absolute atomic E-state index is 14.5. The van der Waals surface area contributed by atoms with Gasteiger partial charge in [-0.1, -0.05) is 13.8 Å². The minimum atomic E-state index is -2.86. The minimum Gasteiger partial charge on any atom is -0.497 e. The molecule has 0 radical (unpaired) electrons. The van der Waals surface area contributed by atoms with Gasteiger partial charge in [-0.05, 0) is 48.3 Å². The number of hydrogen-bond acceptors (Lipinski definition) is 8. The molecular weight excluding hydrogens is 620 g/mol. The topological polar surface area (TPSA) is 139 Å². The van der Waals surface area contributed by atoms with Gasteiger partial charge >= 0.3 is 6.61 Å². The molecule has 0 bridgehead atoms. The lowest BCUT2D eigenvalue weighted by molar-refractivity contribution is -0.117. The van der Waals surface area contributed by atoms with Crippen LogP contribution in [0, 0.1) is 11.6 Å². The lowest BCUT2D eigenvalue weighted by Crippen LogP contribution is -2.33. The lowest BCUT2D eigenvalue weighted by atomic mass is 9.97. The summed E-state index contributed by atoms with van der Waals surface area (Å²) in [5.41, 5.74) is 10.5. The Hall–Kier alpha value is -4.08. The average Bonchev–Trinajstić information content (AvgIpc) is 3.39. The third-order valence-electron chi connectivity index (χ3n) is 6.25. The molecule has 10 nitrogen and oxygen atoms in total. The van der Waals surface area contributed by atoms with Crippen LogP contribution in [0.15, 0.2) is 59.5 Å². The van der Waals surface area contributed by atoms with E-state index in [4.69, 9.17) is 20.9 Å². The van der Waals surface area contributed by atoms with Crippen molar-refractivity contribution in [1.82, 2.24) is 3.97 Å². The Bertz CT molecular complexity index is 1450. The molecule has 2 unspecified atom stereocenters. The Morgan fingerprint density at radius 2 is 1.67 bits per heavy atom. The highest BCUT2D eigenvalue weighted by atomic mass is 32.2. The molecule has 4 rings (SSSR count). The second-order valence-electron chi connectivity index (χ2n) is 9.12. The maximum atomic E-state index is 14.5. The zero-order valence-electron chi connectivity index (χ0n) is 25.2. The summed E-state index contributed by atoms with van der Waals surface area (Å²) in [5.74, 6) is -3.20. The van der Waals surface area contributed by atoms with E-state index in [9.17, 15) is 31.9 Å². The number of methoxy groups -OCH3 is 2. The third-order valence-corrected chi connectivity index (χ3v) is 7.39. The van der Waals surface area contributed by atoms with Crippen LogP contribution >= 0.6 is 11.9 Å². The fourth-order valence-corrected chi connectivity index (χ4v) is 5.18. The van der Waals surface area contributed by atoms with E-state index in [0.29, 0.717) is 13.2 Å². The number of ether oxygens (including phenoxy) is 3. The molecule has 45 heavy (non-hydrogen) atoms. The molecule has 2 amide bonds. The van der Waals surface area contributed by atoms with Crippen LogP contribution < -0.4 is 31.4 Å². The van der Waals surface area contributed by atoms with Gasteiger partial charge in [-0.3, -0.25) is 18.4 Å². The minimum absolute atomic E-state index is 0.000000000000000444. The van der Waals surface area contributed by atoms with Gasteiger partial charge in [0, 0.05) is 62.0 Å². The molecule has 4 N–H and O–H groups in total. The standard InChI is InChI=1S/C20H23F2N3O4S.C8H7F2NO2.C2H6/c1-28-11-14(9-23)30-25-5-3-4-17(20(25)27)24-10-12(6-18(24)26)19-15(21)7-13(29-2)8-16(19)22;9-8(10)13-6-3-1-5(2-4-6)7(11)12;1-2/h3-5,7-8,12,14H,6,9-11,23H2,1-2H3;1-4,8H,(H2,11,12);1-2H3. The van der Waals surface area contributed by atoms with E-state index in [-0.39, 0.29) is 52.4 Å². The number of carbonyl (C=O) groups is 2. The lowest BCUT2D eigenvalue weighted by Gasteiger charge is -2.19. The van der Waals surface area contributed by atoms with E-state index < -0.39 is 35.6 Å². The van der Waals surface area contributed by atoms with Crippen molar-refractivity contribution in [2.45, 2.75) is 38.0 Å². The fourth-order valence-electron chi connectivity index (χ4n) is 4.24. The van der Waals surface area contributed by atoms with Crippen molar-refractivity contribution in [2.75, 3.05) is 38.8 Å². The zero-order chi connectivity index (χ0) is 33.7. The number of benzene rings is 2. The van der Waals surface area contributed by atoms with Crippen molar-refractivity contribution in [2.24, 2.45) is 11.5 Å². The Morgan fingerprint density at radius 3 is 2.18 bits per heavy atom. The first-order chi connectivity index (χ1) is 21.5. The van der Waals surface area contributed by atoms with Crippen LogP contribution in [0.25, 0.3) is 0 Å². The number of pyridine rings is 1. The van der Waals surface area contributed by atoms with Crippen molar-refractivity contribution >= 4 is 29.4 Å². The molecule has 2 aromatic carbocycles. The largest absolute Gasteiger partial charge is 0.497 e. The van der Waals surface area contributed by atoms with Crippen LogP contribution in [0.1, 0.15) is 42.1 Å². The van der Waals surface area contributed by atoms with E-state index in [1.807, 2.05) is 13.8 Å². The van der Waals surface area contributed by atoms with Gasteiger partial charge in [0.1, 0.15) is 28.8 Å². The Morgan fingerprint density at radius 1 is 1.04 bits per heavy atom. The van der Waals surface area contributed by atoms with Crippen LogP contribution in [0.4, 0.5) is 23.2 Å². The van der Waals surface area contributed by atoms with E-state index in [2.05, 4.69) is 4.74 Å². The van der Waals surface area contributed by atoms with Crippen LogP contribution in [0.5, 0.6) is 11.5 Å². The number of amides is 2. The molecule has 15 heteroatoms. The smallest absolute Gasteiger partial charge is 0.387 e. The van der Waals surface area contributed by atoms with Gasteiger partial charge in [-0.25, -0.2) is 8.78 Å². The van der Waals surface area contributed by atoms with E-state index in [1.54, 1.807) is 19.4 Å². The third kappa shape index (κ3) is 10.2. The van der Waals surface area contributed by atoms with Crippen molar-refractivity contribution < 1.29 is 41.4 Å². The molecular formula is C30H36F4N4O6S. The second kappa shape index (κ2) is 18.0. The quantitative estimate of drug-likeness (QED) is 0.287. The molecule has 1 fully saturated rings. The van der Waals surface area contributed by atoms with Crippen LogP contribution in [-0.2, 0) is 9.53 Å². The summed E-state index contributed by atoms with van der Waals surface area (Å²) >= 11 is 1.20. The van der Waals surface area contributed by atoms with E-state index in [0.717, 1.165) is 12.1 Å². The number of alkyl halides is 2. The number of primary amides is 1. The molecule has 0 spiro atoms. The highest BCUT2D eigenvalue weighted by Crippen LogP contribution is 2.35. The van der Waals surface area contributed by atoms with Crippen LogP contribution in [-0.4, -0.2) is 61.6 Å². The van der Waals surface area contributed by atoms with E-state index in [1.165, 1.54) is 58.3 Å². The van der Waals surface area contributed by atoms with Crippen LogP contribution in [0.2, 0.25) is 0 Å². The molecule has 1 saturated heterocycles. The molecule has 2 atom stereocenters. The number of aromatic nitrogens is 1. The number of halogens is 4. The van der Waals surface area contributed by atoms with Gasteiger partial charge in [0.05, 0.1) is 19.0 Å². The van der Waals surface area contributed by atoms with Gasteiger partial charge in [-0.2, -0.15) is 8.78 Å². The summed E-state index contributed by atoms with van der Waals surface area (Å²) in [4.78, 5) is 37.4. The molecule has 0 aliphatic carbocycles. The predicted octanol–water partition coefficient (Wildman–Crippen LogP) is 4.54. The van der Waals surface area contributed by atoms with Crippen LogP contribution in [0.3, 0.4) is 0 Å². The van der Waals surface area contributed by atoms with Crippen molar-refractivity contribution in [3.8, 4) is 11.5 Å². The molecule has 1 aliphatic rings. The SMILES string of the molecule is CC.COCC(CN)Sn1cccc(N2CC(c3c(F)cc(OC)cc3F)CC2=O)c1=O.NC(=O)c1ccc(OC(F)F)cc1. The van der Waals surface area contributed by atoms with Gasteiger partial charge < -0.3 is 30.6 Å². The van der Waals surface area contributed by atoms with Gasteiger partial charge in [0.2, 0.25) is 11.8 Å². The average molecular weight is 657 g/mol. The zero-order valence-corrected chi connectivity index (χ0v) is 26.0. The summed E-state index contributed by atoms with van der Waals surface area (Å²) in [6.45, 7) is 1.80. The number of hydrogen-bond donors (Lipinski definition) is 2. The first-order valence-electron chi connectivity index (χ1n) is 13.7. The summed E-state index contributed by atoms with van der Waals surface area (Å²) in [6.07, 6.45) is 1.48. The van der Waals surface area contributed by atoms with Crippen molar-refractivity contribution in [3.63, 3.8) is 0 Å². The normalized spacial score (nSPS) is 14.7. The molecule has 3 aromatic rings. The number of nitrogens with two attached hydrogens (primary N) is 2. The number of nitrogens with zero attached hydrogens (tertiary/aromatic N) is 2. The first-order valence-corrected chi connectivity index (χ1v) is 14.6. The first kappa shape index (κ1) is 37.1. The summed E-state index contributed by atoms with van der Waals surface area (Å²) < 4.78 is 67.7. The monoisotopic (exact) mass is 656 g/mol. The summed E-state index contributed by atoms with van der Waals surface area (Å²) in [7, 11) is 2.86. The molecule has 2 heterocycles. The second-order valence-corrected chi connectivity index (χ2v) is 10.4. The fraction of sp³-hybridized carbons (Fsp3) is 0.367. The predicted molar refractivity (Wildman–Crippen MR) is 164 cm³/mol. The van der Waals surface area contributed by atoms with Gasteiger partial charge in [0.15, 0.2) is 0 Å². The van der Waals surface area contributed by atoms with Gasteiger partial charge in [-0.15, -0.1) is 0 Å². The highest BCUT2D eigenvalue weighted by Gasteiger charge is 2.36. The Labute approximate surface area is 262 Å². The van der Waals surface area contributed by atoms with Crippen molar-refractivity contribution in [3.05, 3.63) is 87.8 Å². The van der Waals surface area contributed by atoms with Gasteiger partial charge in [0.25, 0.3) is 5.56 Å². The summed E-state index contributed by atoms with van der Waals surface area (Å²) in [6, 6.07) is 10.5. The Balaban J connectivity index is 0.000000393. The number of rotatable bonds is 11. The highest BCUT2D eigenvalue weighted by molar-refractivity contribution is 7.98. The number of anilines is 1. The molecule has 1 aromatic heterocycles. The summed E-state index contributed by atoms with van der Waals surface area (Å²) in [5, 5.41) is -0.146. The van der Waals surface area contributed by atoms with E-state index >= 15 is 0 Å². The maximum Gasteiger partial charge on any atom is 0.387 e.